The van der Waals surface area contributed by atoms with Crippen LogP contribution in [0.2, 0.25) is 0 Å². The third-order valence-corrected chi connectivity index (χ3v) is 2.82. The molecule has 0 spiro atoms. The topological polar surface area (TPSA) is 15.3 Å². The number of hydrogen-bond donors (Lipinski definition) is 1. The molecule has 0 aliphatic carbocycles. The van der Waals surface area contributed by atoms with Gasteiger partial charge in [-0.25, -0.2) is 0 Å². The molecule has 15 heavy (non-hydrogen) atoms. The van der Waals surface area contributed by atoms with Crippen molar-refractivity contribution < 1.29 is 0 Å². The molecule has 0 fully saturated rings. The lowest BCUT2D eigenvalue weighted by Gasteiger charge is -2.25. The molecule has 0 aromatic heterocycles. The van der Waals surface area contributed by atoms with Crippen LogP contribution in [-0.4, -0.2) is 24.5 Å². The lowest BCUT2D eigenvalue weighted by molar-refractivity contribution is 0.285. The zero-order valence-corrected chi connectivity index (χ0v) is 9.08. The summed E-state index contributed by atoms with van der Waals surface area (Å²) in [6.45, 7) is 8.97. The van der Waals surface area contributed by atoms with Gasteiger partial charge < -0.3 is 5.32 Å². The van der Waals surface area contributed by atoms with Gasteiger partial charge in [0.05, 0.1) is 0 Å². The number of benzene rings is 1. The first kappa shape index (κ1) is 10.4. The summed E-state index contributed by atoms with van der Waals surface area (Å²) in [6, 6.07) is 8.66. The standard InChI is InChI=1S/C13H18N2/c1-2-8-15-9-7-14-10-12-5-3-4-6-13(12)11-15/h2-6,14H,1,7-11H2. The van der Waals surface area contributed by atoms with Gasteiger partial charge in [0.25, 0.3) is 0 Å². The molecule has 1 N–H and O–H groups in total. The summed E-state index contributed by atoms with van der Waals surface area (Å²) in [7, 11) is 0. The Kier molecular flexibility index (Phi) is 3.54. The van der Waals surface area contributed by atoms with Crippen LogP contribution in [0, 0.1) is 0 Å². The number of nitrogens with one attached hydrogen (secondary N) is 1. The van der Waals surface area contributed by atoms with Crippen LogP contribution in [0.5, 0.6) is 0 Å². The van der Waals surface area contributed by atoms with Crippen molar-refractivity contribution in [2.24, 2.45) is 0 Å². The van der Waals surface area contributed by atoms with Crippen molar-refractivity contribution >= 4 is 0 Å². The van der Waals surface area contributed by atoms with E-state index in [1.807, 2.05) is 6.08 Å². The third kappa shape index (κ3) is 2.67. The van der Waals surface area contributed by atoms with Gasteiger partial charge in [0, 0.05) is 32.7 Å². The van der Waals surface area contributed by atoms with Crippen molar-refractivity contribution in [3.63, 3.8) is 0 Å². The normalized spacial score (nSPS) is 17.6. The van der Waals surface area contributed by atoms with Crippen LogP contribution in [0.4, 0.5) is 0 Å². The van der Waals surface area contributed by atoms with E-state index in [9.17, 15) is 0 Å². The summed E-state index contributed by atoms with van der Waals surface area (Å²) in [5, 5.41) is 3.46. The van der Waals surface area contributed by atoms with E-state index in [2.05, 4.69) is 41.1 Å². The molecular formula is C13H18N2. The highest BCUT2D eigenvalue weighted by Gasteiger charge is 2.10. The number of fused-ring (bicyclic) bond motifs is 1. The van der Waals surface area contributed by atoms with Gasteiger partial charge in [-0.3, -0.25) is 4.90 Å². The largest absolute Gasteiger partial charge is 0.311 e. The summed E-state index contributed by atoms with van der Waals surface area (Å²) >= 11 is 0. The number of hydrogen-bond acceptors (Lipinski definition) is 2. The van der Waals surface area contributed by atoms with E-state index in [1.165, 1.54) is 11.1 Å². The zero-order valence-electron chi connectivity index (χ0n) is 9.08. The van der Waals surface area contributed by atoms with E-state index < -0.39 is 0 Å². The highest BCUT2D eigenvalue weighted by molar-refractivity contribution is 5.27. The average molecular weight is 202 g/mol. The molecule has 1 aliphatic rings. The average Bonchev–Trinajstić information content (AvgIpc) is 2.22. The second kappa shape index (κ2) is 5.10. The van der Waals surface area contributed by atoms with Crippen LogP contribution in [0.3, 0.4) is 0 Å². The van der Waals surface area contributed by atoms with Crippen LogP contribution in [0.15, 0.2) is 36.9 Å². The predicted molar refractivity (Wildman–Crippen MR) is 63.6 cm³/mol. The van der Waals surface area contributed by atoms with Gasteiger partial charge in [-0.1, -0.05) is 30.3 Å². The van der Waals surface area contributed by atoms with Crippen molar-refractivity contribution in [1.29, 1.82) is 0 Å². The fourth-order valence-corrected chi connectivity index (χ4v) is 2.00. The number of rotatable bonds is 2. The molecule has 0 unspecified atom stereocenters. The lowest BCUT2D eigenvalue weighted by Crippen LogP contribution is -2.34. The van der Waals surface area contributed by atoms with E-state index in [-0.39, 0.29) is 0 Å². The Morgan fingerprint density at radius 3 is 2.93 bits per heavy atom. The van der Waals surface area contributed by atoms with E-state index in [0.29, 0.717) is 0 Å². The summed E-state index contributed by atoms with van der Waals surface area (Å²) in [4.78, 5) is 2.41. The molecule has 0 bridgehead atoms. The van der Waals surface area contributed by atoms with E-state index >= 15 is 0 Å². The van der Waals surface area contributed by atoms with Gasteiger partial charge in [-0.05, 0) is 11.1 Å². The SMILES string of the molecule is C=CCN1CCNCc2ccccc2C1. The maximum Gasteiger partial charge on any atom is 0.0240 e. The van der Waals surface area contributed by atoms with Gasteiger partial charge in [0.1, 0.15) is 0 Å². The molecule has 2 nitrogen and oxygen atoms in total. The van der Waals surface area contributed by atoms with Crippen molar-refractivity contribution in [3.8, 4) is 0 Å². The van der Waals surface area contributed by atoms with E-state index in [1.54, 1.807) is 0 Å². The van der Waals surface area contributed by atoms with Crippen LogP contribution in [0.25, 0.3) is 0 Å². The molecule has 2 rings (SSSR count). The first-order valence-electron chi connectivity index (χ1n) is 5.51. The Hall–Kier alpha value is -1.12. The fourth-order valence-electron chi connectivity index (χ4n) is 2.00. The Morgan fingerprint density at radius 2 is 2.13 bits per heavy atom. The molecule has 0 saturated carbocycles. The van der Waals surface area contributed by atoms with E-state index in [0.717, 1.165) is 32.7 Å². The van der Waals surface area contributed by atoms with Gasteiger partial charge in [-0.2, -0.15) is 0 Å². The molecule has 1 heterocycles. The van der Waals surface area contributed by atoms with E-state index in [4.69, 9.17) is 0 Å². The molecule has 0 saturated heterocycles. The zero-order chi connectivity index (χ0) is 10.5. The predicted octanol–water partition coefficient (Wildman–Crippen LogP) is 1.78. The highest BCUT2D eigenvalue weighted by Crippen LogP contribution is 2.13. The molecule has 1 aliphatic heterocycles. The summed E-state index contributed by atoms with van der Waals surface area (Å²) in [5.74, 6) is 0. The van der Waals surface area contributed by atoms with Crippen LogP contribution in [-0.2, 0) is 13.1 Å². The fraction of sp³-hybridized carbons (Fsp3) is 0.385. The van der Waals surface area contributed by atoms with Crippen LogP contribution in [0.1, 0.15) is 11.1 Å². The monoisotopic (exact) mass is 202 g/mol. The van der Waals surface area contributed by atoms with Crippen LogP contribution >= 0.6 is 0 Å². The van der Waals surface area contributed by atoms with Gasteiger partial charge >= 0.3 is 0 Å². The second-order valence-electron chi connectivity index (χ2n) is 3.97. The Labute approximate surface area is 91.6 Å². The van der Waals surface area contributed by atoms with Crippen molar-refractivity contribution in [1.82, 2.24) is 10.2 Å². The van der Waals surface area contributed by atoms with Gasteiger partial charge in [0.15, 0.2) is 0 Å². The van der Waals surface area contributed by atoms with Crippen molar-refractivity contribution in [3.05, 3.63) is 48.0 Å². The second-order valence-corrected chi connectivity index (χ2v) is 3.97. The molecule has 0 radical (unpaired) electrons. The minimum absolute atomic E-state index is 0.968. The first-order valence-corrected chi connectivity index (χ1v) is 5.51. The minimum atomic E-state index is 0.968. The Balaban J connectivity index is 2.17. The molecule has 1 aromatic carbocycles. The summed E-state index contributed by atoms with van der Waals surface area (Å²) in [5.41, 5.74) is 2.86. The first-order chi connectivity index (χ1) is 7.40. The number of nitrogens with zero attached hydrogens (tertiary/aromatic N) is 1. The summed E-state index contributed by atoms with van der Waals surface area (Å²) < 4.78 is 0. The maximum atomic E-state index is 3.80. The van der Waals surface area contributed by atoms with Crippen molar-refractivity contribution in [2.75, 3.05) is 19.6 Å². The molecular weight excluding hydrogens is 184 g/mol. The Morgan fingerprint density at radius 1 is 1.33 bits per heavy atom. The van der Waals surface area contributed by atoms with Crippen molar-refractivity contribution in [2.45, 2.75) is 13.1 Å². The molecule has 0 atom stereocenters. The minimum Gasteiger partial charge on any atom is -0.311 e. The van der Waals surface area contributed by atoms with Gasteiger partial charge in [0.2, 0.25) is 0 Å². The molecule has 80 valence electrons. The molecule has 1 aromatic rings. The highest BCUT2D eigenvalue weighted by atomic mass is 15.1. The van der Waals surface area contributed by atoms with Crippen LogP contribution < -0.4 is 5.32 Å². The quantitative estimate of drug-likeness (QED) is 0.735. The maximum absolute atomic E-state index is 3.80. The van der Waals surface area contributed by atoms with Gasteiger partial charge in [-0.15, -0.1) is 6.58 Å². The molecule has 0 amide bonds. The lowest BCUT2D eigenvalue weighted by atomic mass is 10.1. The third-order valence-electron chi connectivity index (χ3n) is 2.82. The molecule has 2 heteroatoms. The summed E-state index contributed by atoms with van der Waals surface area (Å²) in [6.07, 6.45) is 1.98. The smallest absolute Gasteiger partial charge is 0.0240 e. The Bertz CT molecular complexity index is 333.